The third kappa shape index (κ3) is 9.96. The van der Waals surface area contributed by atoms with Crippen LogP contribution in [0.25, 0.3) is 0 Å². The number of amides is 3. The zero-order valence-corrected chi connectivity index (χ0v) is 17.4. The average molecular weight is 393 g/mol. The minimum Gasteiger partial charge on any atom is -0.352 e. The zero-order chi connectivity index (χ0) is 19.6. The van der Waals surface area contributed by atoms with Gasteiger partial charge in [-0.15, -0.1) is 11.7 Å². The second kappa shape index (κ2) is 12.4. The first-order chi connectivity index (χ1) is 11.6. The van der Waals surface area contributed by atoms with Crippen molar-refractivity contribution in [3.05, 3.63) is 0 Å². The summed E-state index contributed by atoms with van der Waals surface area (Å²) >= 11 is 4.09. The van der Waals surface area contributed by atoms with Gasteiger partial charge in [0.05, 0.1) is 17.3 Å². The Hall–Kier alpha value is -0.930. The summed E-state index contributed by atoms with van der Waals surface area (Å²) in [7, 11) is 1.15. The molecule has 3 amide bonds. The number of carbonyl (C=O) groups excluding carboxylic acids is 3. The third-order valence-corrected chi connectivity index (χ3v) is 5.15. The number of thiol groups is 1. The van der Waals surface area contributed by atoms with Gasteiger partial charge < -0.3 is 21.7 Å². The Bertz CT molecular complexity index is 447. The van der Waals surface area contributed by atoms with Gasteiger partial charge >= 0.3 is 6.03 Å². The molecule has 0 aliphatic heterocycles. The van der Waals surface area contributed by atoms with Gasteiger partial charge in [-0.05, 0) is 25.7 Å². The number of carbonyl (C=O) groups is 3. The first kappa shape index (κ1) is 24.1. The molecule has 7 nitrogen and oxygen atoms in total. The molecule has 0 aromatic rings. The minimum atomic E-state index is -0.618. The van der Waals surface area contributed by atoms with Crippen LogP contribution in [-0.2, 0) is 9.59 Å². The fourth-order valence-electron chi connectivity index (χ4n) is 2.33. The van der Waals surface area contributed by atoms with Gasteiger partial charge in [0.1, 0.15) is 0 Å². The molecular formula is C16H32N4O3S2. The molecule has 0 aromatic heterocycles. The lowest BCUT2D eigenvalue weighted by molar-refractivity contribution is -0.129. The van der Waals surface area contributed by atoms with E-state index in [9.17, 15) is 14.4 Å². The van der Waals surface area contributed by atoms with Crippen LogP contribution in [0.4, 0.5) is 4.79 Å². The number of Topliss-reactive ketones (excluding diaryl/α,β-unsaturated/α-hetero) is 1. The Morgan fingerprint density at radius 2 is 1.72 bits per heavy atom. The molecule has 0 spiro atoms. The second-order valence-corrected chi connectivity index (χ2v) is 8.24. The molecule has 0 aromatic carbocycles. The summed E-state index contributed by atoms with van der Waals surface area (Å²) in [6, 6.07) is -1.45. The van der Waals surface area contributed by atoms with Gasteiger partial charge in [0, 0.05) is 12.6 Å². The van der Waals surface area contributed by atoms with Crippen molar-refractivity contribution in [3.8, 4) is 0 Å². The monoisotopic (exact) mass is 392 g/mol. The van der Waals surface area contributed by atoms with Crippen molar-refractivity contribution in [1.82, 2.24) is 16.0 Å². The number of urea groups is 1. The molecule has 3 unspecified atom stereocenters. The first-order valence-electron chi connectivity index (χ1n) is 8.53. The van der Waals surface area contributed by atoms with Crippen molar-refractivity contribution in [3.63, 3.8) is 0 Å². The van der Waals surface area contributed by atoms with E-state index in [1.807, 2.05) is 27.7 Å². The molecule has 0 aliphatic carbocycles. The van der Waals surface area contributed by atoms with Crippen LogP contribution in [0, 0.1) is 5.92 Å². The normalized spacial score (nSPS) is 14.9. The first-order valence-corrected chi connectivity index (χ1v) is 10.5. The molecule has 0 rings (SSSR count). The molecule has 0 saturated carbocycles. The van der Waals surface area contributed by atoms with Crippen LogP contribution in [0.5, 0.6) is 0 Å². The smallest absolute Gasteiger partial charge is 0.312 e. The Balaban J connectivity index is 4.96. The average Bonchev–Trinajstić information content (AvgIpc) is 2.52. The van der Waals surface area contributed by atoms with E-state index in [1.54, 1.807) is 6.92 Å². The van der Waals surface area contributed by atoms with E-state index >= 15 is 0 Å². The van der Waals surface area contributed by atoms with Crippen molar-refractivity contribution >= 4 is 40.2 Å². The predicted octanol–water partition coefficient (Wildman–Crippen LogP) is 1.48. The van der Waals surface area contributed by atoms with E-state index in [0.717, 1.165) is 10.8 Å². The van der Waals surface area contributed by atoms with E-state index in [-0.39, 0.29) is 34.9 Å². The topological polar surface area (TPSA) is 113 Å². The SMILES string of the molecule is CC(C)NC(C(=O)NC(CCCNC(N)=O)C(=O)C(C)SS)C(C)C. The minimum absolute atomic E-state index is 0.0838. The highest BCUT2D eigenvalue weighted by molar-refractivity contribution is 8.69. The van der Waals surface area contributed by atoms with Crippen LogP contribution in [0.15, 0.2) is 0 Å². The standard InChI is InChI=1S/C16H32N4O3S2/c1-9(2)13(19-10(3)4)15(22)20-12(14(21)11(5)25-24)7-6-8-18-16(17)23/h9-13,19,24H,6-8H2,1-5H3,(H,20,22)(H3,17,18,23). The van der Waals surface area contributed by atoms with Gasteiger partial charge in [0.2, 0.25) is 5.91 Å². The highest BCUT2D eigenvalue weighted by Gasteiger charge is 2.29. The number of rotatable bonds is 12. The van der Waals surface area contributed by atoms with Crippen LogP contribution in [0.1, 0.15) is 47.5 Å². The number of ketones is 1. The lowest BCUT2D eigenvalue weighted by atomic mass is 9.99. The molecule has 0 saturated heterocycles. The molecule has 0 bridgehead atoms. The number of primary amides is 1. The van der Waals surface area contributed by atoms with E-state index in [1.165, 1.54) is 0 Å². The molecule has 0 radical (unpaired) electrons. The summed E-state index contributed by atoms with van der Waals surface area (Å²) in [6.45, 7) is 9.97. The van der Waals surface area contributed by atoms with Crippen LogP contribution in [0.2, 0.25) is 0 Å². The van der Waals surface area contributed by atoms with Crippen molar-refractivity contribution < 1.29 is 14.4 Å². The van der Waals surface area contributed by atoms with E-state index in [4.69, 9.17) is 5.73 Å². The maximum atomic E-state index is 12.6. The van der Waals surface area contributed by atoms with Crippen LogP contribution < -0.4 is 21.7 Å². The molecule has 0 heterocycles. The summed E-state index contributed by atoms with van der Waals surface area (Å²) in [5, 5.41) is 8.24. The maximum Gasteiger partial charge on any atom is 0.312 e. The summed E-state index contributed by atoms with van der Waals surface area (Å²) in [6.07, 6.45) is 0.962. The molecule has 0 aliphatic rings. The fourth-order valence-corrected chi connectivity index (χ4v) is 2.91. The Kier molecular flexibility index (Phi) is 12.0. The number of hydrogen-bond donors (Lipinski definition) is 5. The van der Waals surface area contributed by atoms with Crippen molar-refractivity contribution in [2.75, 3.05) is 6.54 Å². The Labute approximate surface area is 159 Å². The zero-order valence-electron chi connectivity index (χ0n) is 15.7. The molecule has 3 atom stereocenters. The van der Waals surface area contributed by atoms with E-state index in [0.29, 0.717) is 19.4 Å². The second-order valence-electron chi connectivity index (χ2n) is 6.69. The van der Waals surface area contributed by atoms with E-state index < -0.39 is 12.1 Å². The van der Waals surface area contributed by atoms with Gasteiger partial charge in [0.15, 0.2) is 5.78 Å². The molecule has 9 heteroatoms. The molecule has 146 valence electrons. The quantitative estimate of drug-likeness (QED) is 0.196. The van der Waals surface area contributed by atoms with Gasteiger partial charge in [0.25, 0.3) is 0 Å². The van der Waals surface area contributed by atoms with Gasteiger partial charge in [-0.25, -0.2) is 4.79 Å². The highest BCUT2D eigenvalue weighted by Crippen LogP contribution is 2.18. The van der Waals surface area contributed by atoms with Crippen molar-refractivity contribution in [1.29, 1.82) is 0 Å². The Morgan fingerprint density at radius 3 is 2.16 bits per heavy atom. The third-order valence-electron chi connectivity index (χ3n) is 3.65. The van der Waals surface area contributed by atoms with Gasteiger partial charge in [-0.2, -0.15) is 0 Å². The van der Waals surface area contributed by atoms with Crippen LogP contribution in [0.3, 0.4) is 0 Å². The summed E-state index contributed by atoms with van der Waals surface area (Å²) in [4.78, 5) is 35.9. The number of nitrogens with two attached hydrogens (primary N) is 1. The Morgan fingerprint density at radius 1 is 1.12 bits per heavy atom. The maximum absolute atomic E-state index is 12.6. The lowest BCUT2D eigenvalue weighted by Gasteiger charge is -2.27. The number of hydrogen-bond acceptors (Lipinski definition) is 6. The number of nitrogens with one attached hydrogen (secondary N) is 3. The van der Waals surface area contributed by atoms with E-state index in [2.05, 4.69) is 27.6 Å². The van der Waals surface area contributed by atoms with Crippen molar-refractivity contribution in [2.45, 2.75) is 70.8 Å². The summed E-state index contributed by atoms with van der Waals surface area (Å²) in [5.41, 5.74) is 5.03. The van der Waals surface area contributed by atoms with Crippen LogP contribution in [-0.4, -0.2) is 47.6 Å². The summed E-state index contributed by atoms with van der Waals surface area (Å²) in [5.74, 6) is -0.188. The summed E-state index contributed by atoms with van der Waals surface area (Å²) < 4.78 is 0. The van der Waals surface area contributed by atoms with Gasteiger partial charge in [-0.1, -0.05) is 38.5 Å². The highest BCUT2D eigenvalue weighted by atomic mass is 33.1. The largest absolute Gasteiger partial charge is 0.352 e. The molecule has 0 fully saturated rings. The van der Waals surface area contributed by atoms with Crippen LogP contribution >= 0.6 is 22.5 Å². The van der Waals surface area contributed by atoms with Gasteiger partial charge in [-0.3, -0.25) is 9.59 Å². The molecule has 5 N–H and O–H groups in total. The van der Waals surface area contributed by atoms with Crippen molar-refractivity contribution in [2.24, 2.45) is 11.7 Å². The fraction of sp³-hybridized carbons (Fsp3) is 0.812. The molecular weight excluding hydrogens is 360 g/mol. The predicted molar refractivity (Wildman–Crippen MR) is 107 cm³/mol. The lowest BCUT2D eigenvalue weighted by Crippen LogP contribution is -2.54. The molecule has 25 heavy (non-hydrogen) atoms.